The average molecular weight is 332 g/mol. The molecule has 1 aromatic carbocycles. The Balaban J connectivity index is 2.24. The lowest BCUT2D eigenvalue weighted by Crippen LogP contribution is -2.11. The first kappa shape index (κ1) is 13.2. The number of rotatable bonds is 2. The van der Waals surface area contributed by atoms with Gasteiger partial charge in [0.25, 0.3) is 5.91 Å². The number of amides is 1. The Hall–Kier alpha value is -1.27. The molecule has 1 heterocycles. The highest BCUT2D eigenvalue weighted by molar-refractivity contribution is 9.11. The number of benzene rings is 1. The highest BCUT2D eigenvalue weighted by Gasteiger charge is 2.13. The van der Waals surface area contributed by atoms with Gasteiger partial charge in [-0.1, -0.05) is 0 Å². The van der Waals surface area contributed by atoms with E-state index in [0.29, 0.717) is 4.88 Å². The van der Waals surface area contributed by atoms with Gasteiger partial charge in [0.05, 0.1) is 14.4 Å². The van der Waals surface area contributed by atoms with Crippen LogP contribution in [0.25, 0.3) is 0 Å². The van der Waals surface area contributed by atoms with Gasteiger partial charge in [-0.25, -0.2) is 8.78 Å². The summed E-state index contributed by atoms with van der Waals surface area (Å²) in [6.45, 7) is 1.46. The van der Waals surface area contributed by atoms with E-state index in [4.69, 9.17) is 0 Å². The fourth-order valence-corrected chi connectivity index (χ4v) is 2.64. The monoisotopic (exact) mass is 331 g/mol. The van der Waals surface area contributed by atoms with Gasteiger partial charge in [-0.3, -0.25) is 4.79 Å². The van der Waals surface area contributed by atoms with Gasteiger partial charge in [-0.05, 0) is 46.6 Å². The zero-order valence-corrected chi connectivity index (χ0v) is 11.7. The second kappa shape index (κ2) is 5.16. The summed E-state index contributed by atoms with van der Waals surface area (Å²) >= 11 is 4.44. The molecule has 0 fully saturated rings. The number of nitrogens with one attached hydrogen (secondary N) is 1. The van der Waals surface area contributed by atoms with Crippen molar-refractivity contribution < 1.29 is 13.6 Å². The maximum atomic E-state index is 13.5. The second-order valence-electron chi connectivity index (χ2n) is 3.64. The Morgan fingerprint density at radius 1 is 1.28 bits per heavy atom. The number of hydrogen-bond acceptors (Lipinski definition) is 2. The van der Waals surface area contributed by atoms with Gasteiger partial charge < -0.3 is 5.32 Å². The number of carbonyl (C=O) groups is 1. The molecule has 0 atom stereocenters. The van der Waals surface area contributed by atoms with Crippen LogP contribution in [0.1, 0.15) is 15.2 Å². The molecular formula is C12H8BrF2NOS. The maximum absolute atomic E-state index is 13.5. The fourth-order valence-electron chi connectivity index (χ4n) is 1.36. The van der Waals surface area contributed by atoms with Crippen LogP contribution in [0, 0.1) is 18.6 Å². The standard InChI is InChI=1S/C12H8BrF2NOS/c1-6-4-8(15)9(5-7(6)14)16-12(17)10-2-3-11(13)18-10/h2-5H,1H3,(H,16,17). The Morgan fingerprint density at radius 3 is 2.61 bits per heavy atom. The average Bonchev–Trinajstić information content (AvgIpc) is 2.73. The molecular weight excluding hydrogens is 324 g/mol. The third-order valence-corrected chi connectivity index (χ3v) is 3.92. The van der Waals surface area contributed by atoms with Crippen molar-refractivity contribution in [3.05, 3.63) is 50.1 Å². The van der Waals surface area contributed by atoms with E-state index in [1.807, 2.05) is 0 Å². The van der Waals surface area contributed by atoms with Crippen LogP contribution < -0.4 is 5.32 Å². The number of anilines is 1. The van der Waals surface area contributed by atoms with Crippen molar-refractivity contribution in [3.63, 3.8) is 0 Å². The quantitative estimate of drug-likeness (QED) is 0.870. The van der Waals surface area contributed by atoms with Crippen LogP contribution >= 0.6 is 27.3 Å². The van der Waals surface area contributed by atoms with Gasteiger partial charge >= 0.3 is 0 Å². The summed E-state index contributed by atoms with van der Waals surface area (Å²) < 4.78 is 27.6. The minimum atomic E-state index is -0.655. The molecule has 2 rings (SSSR count). The first-order valence-corrected chi connectivity index (χ1v) is 6.60. The lowest BCUT2D eigenvalue weighted by Gasteiger charge is -2.06. The van der Waals surface area contributed by atoms with Crippen LogP contribution in [0.3, 0.4) is 0 Å². The molecule has 0 aliphatic rings. The summed E-state index contributed by atoms with van der Waals surface area (Å²) in [6.07, 6.45) is 0. The number of thiophene rings is 1. The molecule has 1 N–H and O–H groups in total. The first-order chi connectivity index (χ1) is 8.47. The van der Waals surface area contributed by atoms with Crippen molar-refractivity contribution >= 4 is 38.9 Å². The first-order valence-electron chi connectivity index (χ1n) is 4.99. The van der Waals surface area contributed by atoms with E-state index < -0.39 is 17.5 Å². The number of carbonyl (C=O) groups excluding carboxylic acids is 1. The zero-order chi connectivity index (χ0) is 13.3. The van der Waals surface area contributed by atoms with Crippen LogP contribution in [0.4, 0.5) is 14.5 Å². The molecule has 18 heavy (non-hydrogen) atoms. The normalized spacial score (nSPS) is 10.4. The van der Waals surface area contributed by atoms with Crippen molar-refractivity contribution in [3.8, 4) is 0 Å². The van der Waals surface area contributed by atoms with E-state index in [-0.39, 0.29) is 11.3 Å². The van der Waals surface area contributed by atoms with Gasteiger partial charge in [0.2, 0.25) is 0 Å². The van der Waals surface area contributed by atoms with Gasteiger partial charge in [0.15, 0.2) is 0 Å². The lowest BCUT2D eigenvalue weighted by molar-refractivity contribution is 0.103. The van der Waals surface area contributed by atoms with Crippen molar-refractivity contribution in [1.29, 1.82) is 0 Å². The molecule has 0 unspecified atom stereocenters. The Bertz CT molecular complexity index is 612. The number of halogens is 3. The predicted octanol–water partition coefficient (Wildman–Crippen LogP) is 4.35. The van der Waals surface area contributed by atoms with E-state index in [1.165, 1.54) is 18.3 Å². The van der Waals surface area contributed by atoms with E-state index in [1.54, 1.807) is 12.1 Å². The van der Waals surface area contributed by atoms with Gasteiger partial charge in [0.1, 0.15) is 11.6 Å². The molecule has 6 heteroatoms. The van der Waals surface area contributed by atoms with Gasteiger partial charge in [0, 0.05) is 6.07 Å². The summed E-state index contributed by atoms with van der Waals surface area (Å²) in [7, 11) is 0. The number of hydrogen-bond donors (Lipinski definition) is 1. The summed E-state index contributed by atoms with van der Waals surface area (Å²) in [4.78, 5) is 12.2. The molecule has 0 bridgehead atoms. The highest BCUT2D eigenvalue weighted by atomic mass is 79.9. The summed E-state index contributed by atoms with van der Waals surface area (Å²) in [5.74, 6) is -1.68. The summed E-state index contributed by atoms with van der Waals surface area (Å²) in [6, 6.07) is 5.35. The van der Waals surface area contributed by atoms with Crippen molar-refractivity contribution in [2.75, 3.05) is 5.32 Å². The Kier molecular flexibility index (Phi) is 3.77. The fraction of sp³-hybridized carbons (Fsp3) is 0.0833. The zero-order valence-electron chi connectivity index (χ0n) is 9.26. The highest BCUT2D eigenvalue weighted by Crippen LogP contribution is 2.24. The molecule has 0 radical (unpaired) electrons. The van der Waals surface area contributed by atoms with Crippen molar-refractivity contribution in [2.45, 2.75) is 6.92 Å². The summed E-state index contributed by atoms with van der Waals surface area (Å²) in [5, 5.41) is 2.34. The van der Waals surface area contributed by atoms with Crippen LogP contribution in [-0.2, 0) is 0 Å². The van der Waals surface area contributed by atoms with Gasteiger partial charge in [-0.2, -0.15) is 0 Å². The lowest BCUT2D eigenvalue weighted by atomic mass is 10.2. The molecule has 1 aromatic heterocycles. The van der Waals surface area contributed by atoms with Crippen LogP contribution in [-0.4, -0.2) is 5.91 Å². The van der Waals surface area contributed by atoms with E-state index in [0.717, 1.165) is 15.9 Å². The third-order valence-electron chi connectivity index (χ3n) is 2.29. The molecule has 2 nitrogen and oxygen atoms in total. The van der Waals surface area contributed by atoms with Crippen molar-refractivity contribution in [2.24, 2.45) is 0 Å². The van der Waals surface area contributed by atoms with Crippen molar-refractivity contribution in [1.82, 2.24) is 0 Å². The third kappa shape index (κ3) is 2.76. The molecule has 0 spiro atoms. The number of aryl methyl sites for hydroxylation is 1. The molecule has 0 aliphatic carbocycles. The van der Waals surface area contributed by atoms with Crippen LogP contribution in [0.15, 0.2) is 28.1 Å². The Morgan fingerprint density at radius 2 is 2.00 bits per heavy atom. The largest absolute Gasteiger partial charge is 0.319 e. The van der Waals surface area contributed by atoms with Gasteiger partial charge in [-0.15, -0.1) is 11.3 Å². The predicted molar refractivity (Wildman–Crippen MR) is 71.1 cm³/mol. The summed E-state index contributed by atoms with van der Waals surface area (Å²) in [5.41, 5.74) is 0.0389. The van der Waals surface area contributed by atoms with E-state index in [9.17, 15) is 13.6 Å². The molecule has 94 valence electrons. The smallest absolute Gasteiger partial charge is 0.265 e. The SMILES string of the molecule is Cc1cc(F)c(NC(=O)c2ccc(Br)s2)cc1F. The second-order valence-corrected chi connectivity index (χ2v) is 6.10. The maximum Gasteiger partial charge on any atom is 0.265 e. The topological polar surface area (TPSA) is 29.1 Å². The molecule has 1 amide bonds. The minimum absolute atomic E-state index is 0.160. The molecule has 0 saturated heterocycles. The van der Waals surface area contributed by atoms with E-state index >= 15 is 0 Å². The Labute approximate surface area is 115 Å². The van der Waals surface area contributed by atoms with Crippen LogP contribution in [0.2, 0.25) is 0 Å². The molecule has 0 aliphatic heterocycles. The van der Waals surface area contributed by atoms with Crippen LogP contribution in [0.5, 0.6) is 0 Å². The van der Waals surface area contributed by atoms with E-state index in [2.05, 4.69) is 21.2 Å². The minimum Gasteiger partial charge on any atom is -0.319 e. The molecule has 2 aromatic rings. The molecule has 0 saturated carbocycles.